The lowest BCUT2D eigenvalue weighted by Crippen LogP contribution is -2.60. The number of nitrogens with zero attached hydrogens (tertiary/aromatic N) is 2. The van der Waals surface area contributed by atoms with E-state index in [0.29, 0.717) is 36.2 Å². The van der Waals surface area contributed by atoms with Gasteiger partial charge < -0.3 is 29.9 Å². The lowest BCUT2D eigenvalue weighted by atomic mass is 9.99. The average Bonchev–Trinajstić information content (AvgIpc) is 2.60. The van der Waals surface area contributed by atoms with Crippen LogP contribution in [0.5, 0.6) is 0 Å². The SMILES string of the molecule is O=C([C@H]1OC[C@H](O)[C@@H](O)[C@H]1O)N1CCN(c2ccc(Cl)cc2Cl)CC1. The molecule has 9 heteroatoms. The maximum Gasteiger partial charge on any atom is 0.254 e. The zero-order valence-electron chi connectivity index (χ0n) is 13.4. The van der Waals surface area contributed by atoms with Crippen molar-refractivity contribution in [1.82, 2.24) is 4.90 Å². The molecule has 0 spiro atoms. The number of carbonyl (C=O) groups excluding carboxylic acids is 1. The van der Waals surface area contributed by atoms with Gasteiger partial charge in [0.1, 0.15) is 18.3 Å². The Morgan fingerprint density at radius 1 is 1.08 bits per heavy atom. The van der Waals surface area contributed by atoms with Crippen LogP contribution in [0, 0.1) is 0 Å². The standard InChI is InChI=1S/C16H20Cl2N2O5/c17-9-1-2-11(10(18)7-9)19-3-5-20(6-4-19)16(24)15-14(23)13(22)12(21)8-25-15/h1-2,7,12-15,21-23H,3-6,8H2/t12-,13+,14+,15-/m0/s1. The number of aliphatic hydroxyl groups excluding tert-OH is 3. The van der Waals surface area contributed by atoms with Crippen LogP contribution in [0.4, 0.5) is 5.69 Å². The lowest BCUT2D eigenvalue weighted by molar-refractivity contribution is -0.197. The highest BCUT2D eigenvalue weighted by atomic mass is 35.5. The molecular formula is C16H20Cl2N2O5. The zero-order chi connectivity index (χ0) is 18.1. The van der Waals surface area contributed by atoms with Gasteiger partial charge in [-0.1, -0.05) is 23.2 Å². The van der Waals surface area contributed by atoms with Gasteiger partial charge in [-0.15, -0.1) is 0 Å². The van der Waals surface area contributed by atoms with Gasteiger partial charge in [0.2, 0.25) is 0 Å². The van der Waals surface area contributed by atoms with Crippen LogP contribution in [-0.4, -0.2) is 83.3 Å². The maximum absolute atomic E-state index is 12.6. The minimum Gasteiger partial charge on any atom is -0.388 e. The summed E-state index contributed by atoms with van der Waals surface area (Å²) in [4.78, 5) is 16.2. The summed E-state index contributed by atoms with van der Waals surface area (Å²) in [7, 11) is 0. The summed E-state index contributed by atoms with van der Waals surface area (Å²) in [6, 6.07) is 5.28. The number of hydrogen-bond donors (Lipinski definition) is 3. The number of ether oxygens (including phenoxy) is 1. The third-order valence-electron chi connectivity index (χ3n) is 4.59. The third-order valence-corrected chi connectivity index (χ3v) is 5.12. The minimum absolute atomic E-state index is 0.186. The number of amides is 1. The second kappa shape index (κ2) is 7.65. The van der Waals surface area contributed by atoms with E-state index in [9.17, 15) is 20.1 Å². The highest BCUT2D eigenvalue weighted by Gasteiger charge is 2.43. The Morgan fingerprint density at radius 2 is 1.76 bits per heavy atom. The Labute approximate surface area is 155 Å². The molecule has 3 rings (SSSR count). The predicted octanol–water partition coefficient (Wildman–Crippen LogP) is 0.124. The van der Waals surface area contributed by atoms with Crippen LogP contribution in [0.1, 0.15) is 0 Å². The van der Waals surface area contributed by atoms with E-state index in [1.165, 1.54) is 0 Å². The lowest BCUT2D eigenvalue weighted by Gasteiger charge is -2.40. The van der Waals surface area contributed by atoms with E-state index in [1.807, 2.05) is 6.07 Å². The summed E-state index contributed by atoms with van der Waals surface area (Å²) < 4.78 is 5.23. The highest BCUT2D eigenvalue weighted by molar-refractivity contribution is 6.36. The molecule has 7 nitrogen and oxygen atoms in total. The predicted molar refractivity (Wildman–Crippen MR) is 93.0 cm³/mol. The first-order valence-electron chi connectivity index (χ1n) is 8.03. The normalized spacial score (nSPS) is 30.4. The molecule has 3 N–H and O–H groups in total. The van der Waals surface area contributed by atoms with Gasteiger partial charge in [-0.05, 0) is 18.2 Å². The van der Waals surface area contributed by atoms with E-state index in [0.717, 1.165) is 5.69 Å². The van der Waals surface area contributed by atoms with Crippen molar-refractivity contribution in [3.8, 4) is 0 Å². The fourth-order valence-electron chi connectivity index (χ4n) is 3.11. The largest absolute Gasteiger partial charge is 0.388 e. The average molecular weight is 391 g/mol. The number of benzene rings is 1. The van der Waals surface area contributed by atoms with Crippen molar-refractivity contribution in [2.45, 2.75) is 24.4 Å². The van der Waals surface area contributed by atoms with Crippen molar-refractivity contribution < 1.29 is 24.9 Å². The van der Waals surface area contributed by atoms with Crippen molar-refractivity contribution in [3.63, 3.8) is 0 Å². The molecule has 138 valence electrons. The van der Waals surface area contributed by atoms with E-state index in [2.05, 4.69) is 4.90 Å². The van der Waals surface area contributed by atoms with Crippen LogP contribution < -0.4 is 4.90 Å². The van der Waals surface area contributed by atoms with Gasteiger partial charge in [0.05, 0.1) is 17.3 Å². The van der Waals surface area contributed by atoms with Crippen LogP contribution >= 0.6 is 23.2 Å². The molecule has 2 saturated heterocycles. The monoisotopic (exact) mass is 390 g/mol. The van der Waals surface area contributed by atoms with Crippen LogP contribution in [0.15, 0.2) is 18.2 Å². The molecule has 1 amide bonds. The van der Waals surface area contributed by atoms with Gasteiger partial charge in [-0.3, -0.25) is 4.79 Å². The summed E-state index contributed by atoms with van der Waals surface area (Å²) in [6.45, 7) is 1.82. The second-order valence-electron chi connectivity index (χ2n) is 6.21. The first kappa shape index (κ1) is 18.7. The molecule has 2 aliphatic heterocycles. The topological polar surface area (TPSA) is 93.5 Å². The van der Waals surface area contributed by atoms with E-state index in [-0.39, 0.29) is 12.5 Å². The number of aliphatic hydroxyl groups is 3. The van der Waals surface area contributed by atoms with Crippen molar-refractivity contribution in [1.29, 1.82) is 0 Å². The molecule has 1 aromatic carbocycles. The fourth-order valence-corrected chi connectivity index (χ4v) is 3.64. The van der Waals surface area contributed by atoms with Gasteiger partial charge in [0, 0.05) is 31.2 Å². The first-order valence-corrected chi connectivity index (χ1v) is 8.78. The Bertz CT molecular complexity index is 639. The quantitative estimate of drug-likeness (QED) is 0.664. The number of halogens is 2. The van der Waals surface area contributed by atoms with Crippen molar-refractivity contribution in [2.75, 3.05) is 37.7 Å². The van der Waals surface area contributed by atoms with Gasteiger partial charge in [0.25, 0.3) is 5.91 Å². The van der Waals surface area contributed by atoms with E-state index >= 15 is 0 Å². The molecule has 0 aromatic heterocycles. The number of hydrogen-bond acceptors (Lipinski definition) is 6. The molecule has 4 atom stereocenters. The summed E-state index contributed by atoms with van der Waals surface area (Å²) in [5.41, 5.74) is 0.852. The second-order valence-corrected chi connectivity index (χ2v) is 7.05. The van der Waals surface area contributed by atoms with Gasteiger partial charge in [-0.25, -0.2) is 0 Å². The highest BCUT2D eigenvalue weighted by Crippen LogP contribution is 2.29. The molecule has 0 radical (unpaired) electrons. The number of piperazine rings is 1. The Balaban J connectivity index is 1.61. The summed E-state index contributed by atoms with van der Waals surface area (Å²) in [5.74, 6) is -0.389. The number of rotatable bonds is 2. The van der Waals surface area contributed by atoms with Gasteiger partial charge in [0.15, 0.2) is 6.10 Å². The van der Waals surface area contributed by atoms with Gasteiger partial charge in [-0.2, -0.15) is 0 Å². The van der Waals surface area contributed by atoms with E-state index < -0.39 is 24.4 Å². The summed E-state index contributed by atoms with van der Waals surface area (Å²) in [6.07, 6.45) is -5.19. The Kier molecular flexibility index (Phi) is 5.72. The summed E-state index contributed by atoms with van der Waals surface area (Å²) in [5, 5.41) is 30.3. The fraction of sp³-hybridized carbons (Fsp3) is 0.562. The van der Waals surface area contributed by atoms with E-state index in [4.69, 9.17) is 27.9 Å². The zero-order valence-corrected chi connectivity index (χ0v) is 14.9. The van der Waals surface area contributed by atoms with Gasteiger partial charge >= 0.3 is 0 Å². The summed E-state index contributed by atoms with van der Waals surface area (Å²) >= 11 is 12.1. The first-order chi connectivity index (χ1) is 11.9. The van der Waals surface area contributed by atoms with Crippen LogP contribution in [0.2, 0.25) is 10.0 Å². The van der Waals surface area contributed by atoms with Crippen LogP contribution in [-0.2, 0) is 9.53 Å². The Morgan fingerprint density at radius 3 is 2.40 bits per heavy atom. The van der Waals surface area contributed by atoms with Crippen LogP contribution in [0.25, 0.3) is 0 Å². The maximum atomic E-state index is 12.6. The molecule has 0 aliphatic carbocycles. The van der Waals surface area contributed by atoms with Crippen LogP contribution in [0.3, 0.4) is 0 Å². The molecule has 0 saturated carbocycles. The molecular weight excluding hydrogens is 371 g/mol. The number of anilines is 1. The van der Waals surface area contributed by atoms with E-state index in [1.54, 1.807) is 17.0 Å². The molecule has 2 fully saturated rings. The smallest absolute Gasteiger partial charge is 0.254 e. The third kappa shape index (κ3) is 3.86. The molecule has 1 aromatic rings. The molecule has 0 bridgehead atoms. The van der Waals surface area contributed by atoms with Crippen molar-refractivity contribution in [2.24, 2.45) is 0 Å². The van der Waals surface area contributed by atoms with Crippen molar-refractivity contribution >= 4 is 34.8 Å². The number of carbonyl (C=O) groups is 1. The molecule has 25 heavy (non-hydrogen) atoms. The molecule has 2 heterocycles. The Hall–Kier alpha value is -1.09. The minimum atomic E-state index is -1.44. The van der Waals surface area contributed by atoms with Crippen molar-refractivity contribution in [3.05, 3.63) is 28.2 Å². The molecule has 0 unspecified atom stereocenters. The molecule has 2 aliphatic rings.